The Morgan fingerprint density at radius 2 is 2.13 bits per heavy atom. The first-order valence-corrected chi connectivity index (χ1v) is 9.94. The Morgan fingerprint density at radius 3 is 2.77 bits per heavy atom. The van der Waals surface area contributed by atoms with Crippen molar-refractivity contribution in [2.24, 2.45) is 0 Å². The molecule has 1 aromatic carbocycles. The molecule has 1 amide bonds. The van der Waals surface area contributed by atoms with Crippen molar-refractivity contribution in [3.63, 3.8) is 0 Å². The lowest BCUT2D eigenvalue weighted by atomic mass is 10.1. The molecule has 0 radical (unpaired) electrons. The van der Waals surface area contributed by atoms with Crippen LogP contribution in [-0.2, 0) is 11.3 Å². The minimum absolute atomic E-state index is 0.0451. The van der Waals surface area contributed by atoms with E-state index in [9.17, 15) is 19.7 Å². The van der Waals surface area contributed by atoms with Gasteiger partial charge in [0.2, 0.25) is 0 Å². The number of nitro groups is 1. The van der Waals surface area contributed by atoms with E-state index < -0.39 is 16.8 Å². The largest absolute Gasteiger partial charge is 0.461 e. The van der Waals surface area contributed by atoms with Gasteiger partial charge in [0.25, 0.3) is 11.6 Å². The lowest BCUT2D eigenvalue weighted by Gasteiger charge is -2.08. The molecule has 10 heteroatoms. The van der Waals surface area contributed by atoms with Gasteiger partial charge in [-0.3, -0.25) is 20.2 Å². The lowest BCUT2D eigenvalue weighted by Crippen LogP contribution is -2.14. The van der Waals surface area contributed by atoms with E-state index >= 15 is 0 Å². The molecular formula is C20H20N4O5S. The van der Waals surface area contributed by atoms with E-state index in [1.54, 1.807) is 31.4 Å². The number of nitrogens with one attached hydrogen (secondary N) is 1. The minimum atomic E-state index is -0.508. The van der Waals surface area contributed by atoms with Crippen molar-refractivity contribution in [1.82, 2.24) is 9.55 Å². The number of hydrogen-bond donors (Lipinski definition) is 1. The molecule has 0 bridgehead atoms. The van der Waals surface area contributed by atoms with Gasteiger partial charge in [-0.05, 0) is 32.4 Å². The standard InChI is InChI=1S/C20H20N4O5S/c1-5-9-23-12(4)16(11(3)17(23)19(26)29-6-2)18(25)22-20-21-14-8-7-13(24(27)28)10-15(14)30-20/h5,7-8,10H,1,6,9H2,2-4H3,(H,21,22,25). The quantitative estimate of drug-likeness (QED) is 0.260. The van der Waals surface area contributed by atoms with Gasteiger partial charge in [0, 0.05) is 24.4 Å². The van der Waals surface area contributed by atoms with Gasteiger partial charge < -0.3 is 9.30 Å². The highest BCUT2D eigenvalue weighted by atomic mass is 32.1. The monoisotopic (exact) mass is 428 g/mol. The van der Waals surface area contributed by atoms with E-state index in [4.69, 9.17) is 4.74 Å². The van der Waals surface area contributed by atoms with Crippen LogP contribution < -0.4 is 5.32 Å². The molecule has 0 spiro atoms. The zero-order valence-corrected chi connectivity index (χ0v) is 17.5. The summed E-state index contributed by atoms with van der Waals surface area (Å²) in [5, 5.41) is 14.0. The molecule has 0 aliphatic rings. The number of nitrogens with zero attached hydrogens (tertiary/aromatic N) is 3. The number of carbonyl (C=O) groups excluding carboxylic acids is 2. The average molecular weight is 428 g/mol. The molecule has 0 saturated carbocycles. The van der Waals surface area contributed by atoms with Crippen molar-refractivity contribution in [3.8, 4) is 0 Å². The Kier molecular flexibility index (Phi) is 5.97. The first kappa shape index (κ1) is 21.2. The first-order valence-electron chi connectivity index (χ1n) is 9.12. The lowest BCUT2D eigenvalue weighted by molar-refractivity contribution is -0.384. The van der Waals surface area contributed by atoms with Crippen LogP contribution in [0.1, 0.15) is 39.0 Å². The summed E-state index contributed by atoms with van der Waals surface area (Å²) >= 11 is 1.14. The van der Waals surface area contributed by atoms with Crippen molar-refractivity contribution in [3.05, 3.63) is 63.5 Å². The topological polar surface area (TPSA) is 116 Å². The van der Waals surface area contributed by atoms with E-state index in [-0.39, 0.29) is 12.3 Å². The predicted octanol–water partition coefficient (Wildman–Crippen LogP) is 4.24. The van der Waals surface area contributed by atoms with Crippen LogP contribution >= 0.6 is 11.3 Å². The smallest absolute Gasteiger partial charge is 0.355 e. The molecule has 0 saturated heterocycles. The molecule has 1 N–H and O–H groups in total. The van der Waals surface area contributed by atoms with Crippen LogP contribution in [0.15, 0.2) is 30.9 Å². The van der Waals surface area contributed by atoms with Crippen molar-refractivity contribution < 1.29 is 19.2 Å². The van der Waals surface area contributed by atoms with Crippen LogP contribution in [-0.4, -0.2) is 33.0 Å². The number of thiazole rings is 1. The summed E-state index contributed by atoms with van der Waals surface area (Å²) in [4.78, 5) is 40.2. The van der Waals surface area contributed by atoms with Gasteiger partial charge in [0.15, 0.2) is 5.13 Å². The Balaban J connectivity index is 1.98. The fourth-order valence-electron chi connectivity index (χ4n) is 3.29. The summed E-state index contributed by atoms with van der Waals surface area (Å²) in [5.74, 6) is -0.932. The Hall–Kier alpha value is -3.53. The number of anilines is 1. The van der Waals surface area contributed by atoms with Crippen LogP contribution in [0.25, 0.3) is 10.2 Å². The van der Waals surface area contributed by atoms with Crippen LogP contribution in [0, 0.1) is 24.0 Å². The van der Waals surface area contributed by atoms with Crippen LogP contribution in [0.5, 0.6) is 0 Å². The Morgan fingerprint density at radius 1 is 1.40 bits per heavy atom. The van der Waals surface area contributed by atoms with Gasteiger partial charge in [-0.1, -0.05) is 17.4 Å². The number of rotatable bonds is 7. The van der Waals surface area contributed by atoms with Gasteiger partial charge in [-0.25, -0.2) is 9.78 Å². The molecule has 0 aliphatic heterocycles. The second-order valence-corrected chi connectivity index (χ2v) is 7.47. The highest BCUT2D eigenvalue weighted by Gasteiger charge is 2.27. The highest BCUT2D eigenvalue weighted by Crippen LogP contribution is 2.30. The molecule has 156 valence electrons. The highest BCUT2D eigenvalue weighted by molar-refractivity contribution is 7.22. The first-order chi connectivity index (χ1) is 14.3. The Bertz CT molecular complexity index is 1180. The summed E-state index contributed by atoms with van der Waals surface area (Å²) < 4.78 is 7.42. The van der Waals surface area contributed by atoms with Gasteiger partial charge in [-0.15, -0.1) is 6.58 Å². The number of benzene rings is 1. The third kappa shape index (κ3) is 3.81. The van der Waals surface area contributed by atoms with E-state index in [0.717, 1.165) is 11.3 Å². The molecule has 0 atom stereocenters. The fraction of sp³-hybridized carbons (Fsp3) is 0.250. The van der Waals surface area contributed by atoms with Gasteiger partial charge in [-0.2, -0.15) is 0 Å². The number of aromatic nitrogens is 2. The molecule has 0 unspecified atom stereocenters. The van der Waals surface area contributed by atoms with Crippen LogP contribution in [0.2, 0.25) is 0 Å². The fourth-order valence-corrected chi connectivity index (χ4v) is 4.18. The van der Waals surface area contributed by atoms with Crippen LogP contribution in [0.4, 0.5) is 10.8 Å². The van der Waals surface area contributed by atoms with Crippen molar-refractivity contribution in [2.45, 2.75) is 27.3 Å². The van der Waals surface area contributed by atoms with Crippen molar-refractivity contribution >= 4 is 44.2 Å². The number of non-ortho nitro benzene ring substituents is 1. The van der Waals surface area contributed by atoms with E-state index in [0.29, 0.717) is 44.4 Å². The maximum atomic E-state index is 13.0. The second-order valence-electron chi connectivity index (χ2n) is 6.44. The van der Waals surface area contributed by atoms with Gasteiger partial charge in [0.05, 0.1) is 27.3 Å². The van der Waals surface area contributed by atoms with Gasteiger partial charge in [0.1, 0.15) is 5.69 Å². The van der Waals surface area contributed by atoms with E-state index in [1.165, 1.54) is 18.2 Å². The number of carbonyl (C=O) groups is 2. The minimum Gasteiger partial charge on any atom is -0.461 e. The zero-order chi connectivity index (χ0) is 22.0. The molecule has 0 fully saturated rings. The maximum Gasteiger partial charge on any atom is 0.355 e. The van der Waals surface area contributed by atoms with Crippen molar-refractivity contribution in [2.75, 3.05) is 11.9 Å². The number of amides is 1. The molecule has 9 nitrogen and oxygen atoms in total. The SMILES string of the molecule is C=CCn1c(C)c(C(=O)Nc2nc3ccc([N+](=O)[O-])cc3s2)c(C)c1C(=O)OCC. The molecule has 2 heterocycles. The predicted molar refractivity (Wildman–Crippen MR) is 114 cm³/mol. The number of hydrogen-bond acceptors (Lipinski definition) is 7. The molecule has 0 aliphatic carbocycles. The van der Waals surface area contributed by atoms with E-state index in [1.807, 2.05) is 0 Å². The third-order valence-electron chi connectivity index (χ3n) is 4.58. The van der Waals surface area contributed by atoms with Crippen LogP contribution in [0.3, 0.4) is 0 Å². The summed E-state index contributed by atoms with van der Waals surface area (Å²) in [6.07, 6.45) is 1.64. The number of nitro benzene ring substituents is 1. The number of fused-ring (bicyclic) bond motifs is 1. The summed E-state index contributed by atoms with van der Waals surface area (Å²) in [5.41, 5.74) is 2.26. The summed E-state index contributed by atoms with van der Waals surface area (Å²) in [6.45, 7) is 9.42. The summed E-state index contributed by atoms with van der Waals surface area (Å²) in [7, 11) is 0. The molecule has 30 heavy (non-hydrogen) atoms. The normalized spacial score (nSPS) is 10.8. The number of esters is 1. The number of ether oxygens (including phenoxy) is 1. The third-order valence-corrected chi connectivity index (χ3v) is 5.51. The van der Waals surface area contributed by atoms with Crippen molar-refractivity contribution in [1.29, 1.82) is 0 Å². The van der Waals surface area contributed by atoms with E-state index in [2.05, 4.69) is 16.9 Å². The summed E-state index contributed by atoms with van der Waals surface area (Å²) in [6, 6.07) is 4.32. The average Bonchev–Trinajstić information content (AvgIpc) is 3.19. The maximum absolute atomic E-state index is 13.0. The molecule has 3 rings (SSSR count). The Labute approximate surface area is 176 Å². The molecule has 2 aromatic heterocycles. The molecular weight excluding hydrogens is 408 g/mol. The number of allylic oxidation sites excluding steroid dienone is 1. The zero-order valence-electron chi connectivity index (χ0n) is 16.7. The second kappa shape index (κ2) is 8.46. The van der Waals surface area contributed by atoms with Gasteiger partial charge >= 0.3 is 5.97 Å². The molecule has 3 aromatic rings.